The van der Waals surface area contributed by atoms with Crippen LogP contribution in [0.15, 0.2) is 93.8 Å². The van der Waals surface area contributed by atoms with Crippen molar-refractivity contribution in [1.82, 2.24) is 25.0 Å². The van der Waals surface area contributed by atoms with Gasteiger partial charge in [0, 0.05) is 60.9 Å². The van der Waals surface area contributed by atoms with Crippen LogP contribution in [0.2, 0.25) is 0 Å². The van der Waals surface area contributed by atoms with E-state index in [1.807, 2.05) is 0 Å². The Bertz CT molecular complexity index is 2630. The predicted molar refractivity (Wildman–Crippen MR) is 198 cm³/mol. The Balaban J connectivity index is 0.871. The maximum atomic E-state index is 15.0. The summed E-state index contributed by atoms with van der Waals surface area (Å²) >= 11 is 0. The zero-order valence-electron chi connectivity index (χ0n) is 29.1. The summed E-state index contributed by atoms with van der Waals surface area (Å²) in [6.45, 7) is 0.985. The third-order valence-corrected chi connectivity index (χ3v) is 9.76. The Kier molecular flexibility index (Phi) is 9.34. The smallest absolute Gasteiger partial charge is 0.272 e. The van der Waals surface area contributed by atoms with E-state index in [1.54, 1.807) is 35.2 Å². The minimum Gasteiger partial charge on any atom is -0.494 e. The van der Waals surface area contributed by atoms with Gasteiger partial charge in [-0.1, -0.05) is 29.4 Å². The fraction of sp³-hybridized carbons (Fsp3) is 0.200. The highest BCUT2D eigenvalue weighted by Gasteiger charge is 2.31. The van der Waals surface area contributed by atoms with E-state index in [1.165, 1.54) is 53.4 Å². The average Bonchev–Trinajstić information content (AvgIpc) is 3.71. The zero-order chi connectivity index (χ0) is 38.2. The number of halogens is 3. The number of rotatable bonds is 9. The van der Waals surface area contributed by atoms with Gasteiger partial charge in [0.25, 0.3) is 11.5 Å². The number of oxime groups is 1. The Hall–Kier alpha value is -6.77. The van der Waals surface area contributed by atoms with E-state index in [2.05, 4.69) is 25.3 Å². The summed E-state index contributed by atoms with van der Waals surface area (Å²) in [4.78, 5) is 54.7. The van der Waals surface area contributed by atoms with Gasteiger partial charge in [-0.3, -0.25) is 14.4 Å². The van der Waals surface area contributed by atoms with Crippen LogP contribution in [0.4, 0.5) is 18.9 Å². The first kappa shape index (κ1) is 35.3. The molecule has 0 radical (unpaired) electrons. The predicted octanol–water partition coefficient (Wildman–Crippen LogP) is 5.74. The number of aliphatic imine (C=N–C) groups is 1. The molecule has 0 aliphatic carbocycles. The summed E-state index contributed by atoms with van der Waals surface area (Å²) < 4.78 is 43.4. The van der Waals surface area contributed by atoms with E-state index in [0.29, 0.717) is 44.2 Å². The van der Waals surface area contributed by atoms with Crippen molar-refractivity contribution in [2.75, 3.05) is 32.8 Å². The summed E-state index contributed by atoms with van der Waals surface area (Å²) in [5.41, 5.74) is 2.53. The number of aromatic amines is 2. The molecule has 0 unspecified atom stereocenters. The van der Waals surface area contributed by atoms with Crippen LogP contribution in [0.1, 0.15) is 45.6 Å². The Morgan fingerprint density at radius 2 is 1.62 bits per heavy atom. The van der Waals surface area contributed by atoms with Crippen molar-refractivity contribution in [2.24, 2.45) is 10.1 Å². The minimum atomic E-state index is -0.660. The molecule has 2 aromatic heterocycles. The SMILES string of the molecule is O=C(CCCO/N=C1/C(c2c(O)[nH]c3ccc(F)cc23)=Nc2ccc(F)cc21)N1CCN(C(=O)c2cc(Cc3n[nH]c(=O)c4ccccc34)ccc2F)CC1. The van der Waals surface area contributed by atoms with E-state index in [9.17, 15) is 32.7 Å². The molecular formula is C40H32F3N7O5. The lowest BCUT2D eigenvalue weighted by Crippen LogP contribution is -2.50. The van der Waals surface area contributed by atoms with Crippen LogP contribution in [0.25, 0.3) is 21.7 Å². The van der Waals surface area contributed by atoms with Crippen molar-refractivity contribution < 1.29 is 32.7 Å². The first-order chi connectivity index (χ1) is 26.6. The van der Waals surface area contributed by atoms with Gasteiger partial charge >= 0.3 is 0 Å². The Morgan fingerprint density at radius 1 is 0.873 bits per heavy atom. The second-order valence-corrected chi connectivity index (χ2v) is 13.2. The number of aromatic nitrogens is 3. The molecule has 0 spiro atoms. The van der Waals surface area contributed by atoms with Crippen LogP contribution < -0.4 is 5.56 Å². The molecule has 2 aliphatic rings. The highest BCUT2D eigenvalue weighted by molar-refractivity contribution is 6.58. The zero-order valence-corrected chi connectivity index (χ0v) is 29.1. The van der Waals surface area contributed by atoms with Gasteiger partial charge in [0.2, 0.25) is 5.91 Å². The molecule has 0 bridgehead atoms. The molecule has 3 N–H and O–H groups in total. The Morgan fingerprint density at radius 3 is 2.44 bits per heavy atom. The van der Waals surface area contributed by atoms with Crippen molar-refractivity contribution in [3.8, 4) is 5.88 Å². The lowest BCUT2D eigenvalue weighted by molar-refractivity contribution is -0.133. The van der Waals surface area contributed by atoms with Gasteiger partial charge in [-0.15, -0.1) is 0 Å². The van der Waals surface area contributed by atoms with E-state index in [4.69, 9.17) is 4.84 Å². The summed E-state index contributed by atoms with van der Waals surface area (Å²) in [6, 6.07) is 19.3. The van der Waals surface area contributed by atoms with Crippen LogP contribution in [0.3, 0.4) is 0 Å². The highest BCUT2D eigenvalue weighted by atomic mass is 19.1. The summed E-state index contributed by atoms with van der Waals surface area (Å²) in [6.07, 6.45) is 0.682. The third kappa shape index (κ3) is 6.91. The van der Waals surface area contributed by atoms with E-state index in [0.717, 1.165) is 0 Å². The quantitative estimate of drug-likeness (QED) is 0.127. The van der Waals surface area contributed by atoms with Gasteiger partial charge in [0.15, 0.2) is 5.88 Å². The number of hydrogen-bond acceptors (Lipinski definition) is 8. The number of hydrogen-bond donors (Lipinski definition) is 3. The second-order valence-electron chi connectivity index (χ2n) is 13.2. The topological polar surface area (TPSA) is 156 Å². The third-order valence-electron chi connectivity index (χ3n) is 9.76. The van der Waals surface area contributed by atoms with Crippen LogP contribution >= 0.6 is 0 Å². The van der Waals surface area contributed by atoms with Crippen molar-refractivity contribution in [2.45, 2.75) is 19.3 Å². The molecule has 15 heteroatoms. The number of carbonyl (C=O) groups excluding carboxylic acids is 2. The van der Waals surface area contributed by atoms with Crippen molar-refractivity contribution in [1.29, 1.82) is 0 Å². The first-order valence-electron chi connectivity index (χ1n) is 17.6. The largest absolute Gasteiger partial charge is 0.494 e. The fourth-order valence-corrected chi connectivity index (χ4v) is 6.98. The number of nitrogens with zero attached hydrogens (tertiary/aromatic N) is 5. The lowest BCUT2D eigenvalue weighted by atomic mass is 10.0. The van der Waals surface area contributed by atoms with E-state index < -0.39 is 23.4 Å². The molecule has 4 aromatic carbocycles. The maximum Gasteiger partial charge on any atom is 0.272 e. The number of fused-ring (bicyclic) bond motifs is 3. The molecule has 55 heavy (non-hydrogen) atoms. The number of benzene rings is 4. The van der Waals surface area contributed by atoms with Gasteiger partial charge in [-0.25, -0.2) is 23.3 Å². The van der Waals surface area contributed by atoms with Gasteiger partial charge in [-0.05, 0) is 66.6 Å². The second kappa shape index (κ2) is 14.6. The number of aromatic hydroxyl groups is 1. The molecule has 1 fully saturated rings. The van der Waals surface area contributed by atoms with Gasteiger partial charge in [0.1, 0.15) is 35.5 Å². The molecule has 2 amide bonds. The number of piperazine rings is 1. The molecule has 6 aromatic rings. The van der Waals surface area contributed by atoms with E-state index >= 15 is 0 Å². The standard InChI is InChI=1S/C40H32F3N7O5/c41-23-8-11-31-28(20-23)35(39(53)45-31)37-36(29-21-24(42)9-12-32(29)44-37)48-55-17-3-6-34(51)49-13-15-50(16-14-49)40(54)27-18-22(7-10-30(27)43)19-33-25-4-1-2-5-26(25)38(52)47-46-33/h1-2,4-5,7-12,18,20-21,45,53H,3,6,13-17,19H2,(H,47,52)/b48-36+. The van der Waals surface area contributed by atoms with Crippen molar-refractivity contribution in [3.63, 3.8) is 0 Å². The molecule has 0 saturated carbocycles. The molecule has 12 nitrogen and oxygen atoms in total. The lowest BCUT2D eigenvalue weighted by Gasteiger charge is -2.35. The summed E-state index contributed by atoms with van der Waals surface area (Å²) in [5, 5.41) is 23.1. The number of H-pyrrole nitrogens is 2. The van der Waals surface area contributed by atoms with Crippen LogP contribution in [0, 0.1) is 17.5 Å². The van der Waals surface area contributed by atoms with Gasteiger partial charge in [-0.2, -0.15) is 5.10 Å². The van der Waals surface area contributed by atoms with Crippen LogP contribution in [-0.2, 0) is 16.1 Å². The molecule has 4 heterocycles. The maximum absolute atomic E-state index is 15.0. The molecule has 0 atom stereocenters. The van der Waals surface area contributed by atoms with Crippen molar-refractivity contribution >= 4 is 50.6 Å². The number of amides is 2. The summed E-state index contributed by atoms with van der Waals surface area (Å²) in [5.74, 6) is -2.61. The van der Waals surface area contributed by atoms with Crippen LogP contribution in [-0.4, -0.2) is 86.1 Å². The molecule has 278 valence electrons. The molecular weight excluding hydrogens is 715 g/mol. The fourth-order valence-electron chi connectivity index (χ4n) is 6.98. The first-order valence-corrected chi connectivity index (χ1v) is 17.6. The minimum absolute atomic E-state index is 0.0279. The van der Waals surface area contributed by atoms with E-state index in [-0.39, 0.29) is 91.9 Å². The van der Waals surface area contributed by atoms with Crippen LogP contribution in [0.5, 0.6) is 5.88 Å². The summed E-state index contributed by atoms with van der Waals surface area (Å²) in [7, 11) is 0. The molecule has 8 rings (SSSR count). The van der Waals surface area contributed by atoms with Gasteiger partial charge < -0.3 is 24.7 Å². The molecule has 2 aliphatic heterocycles. The normalized spacial score (nSPS) is 14.8. The van der Waals surface area contributed by atoms with Crippen molar-refractivity contribution in [3.05, 3.63) is 135 Å². The number of nitrogens with one attached hydrogen (secondary N) is 2. The molecule has 1 saturated heterocycles. The van der Waals surface area contributed by atoms with Gasteiger partial charge in [0.05, 0.1) is 27.9 Å². The average molecular weight is 748 g/mol. The Labute approximate surface area is 310 Å². The highest BCUT2D eigenvalue weighted by Crippen LogP contribution is 2.36. The number of carbonyl (C=O) groups is 2. The monoisotopic (exact) mass is 747 g/mol.